The summed E-state index contributed by atoms with van der Waals surface area (Å²) in [5.41, 5.74) is 3.28. The van der Waals surface area contributed by atoms with Crippen molar-refractivity contribution < 1.29 is 9.53 Å². The number of ether oxygens (including phenoxy) is 1. The molecule has 0 atom stereocenters. The summed E-state index contributed by atoms with van der Waals surface area (Å²) in [4.78, 5) is 21.6. The molecular weight excluding hydrogens is 266 g/mol. The van der Waals surface area contributed by atoms with Gasteiger partial charge in [0.25, 0.3) is 0 Å². The largest absolute Gasteiger partial charge is 0.497 e. The Bertz CT molecular complexity index is 636. The molecule has 1 aliphatic heterocycles. The zero-order valence-electron chi connectivity index (χ0n) is 12.1. The third-order valence-electron chi connectivity index (χ3n) is 3.89. The average Bonchev–Trinajstić information content (AvgIpc) is 3.00. The lowest BCUT2D eigenvalue weighted by atomic mass is 10.1. The molecule has 1 aromatic heterocycles. The van der Waals surface area contributed by atoms with Crippen LogP contribution in [-0.4, -0.2) is 34.4 Å². The smallest absolute Gasteiger partial charge is 0.223 e. The minimum atomic E-state index is 0.193. The first-order chi connectivity index (χ1) is 10.3. The second kappa shape index (κ2) is 5.99. The summed E-state index contributed by atoms with van der Waals surface area (Å²) in [6.45, 7) is 1.40. The summed E-state index contributed by atoms with van der Waals surface area (Å²) in [5, 5.41) is 0. The summed E-state index contributed by atoms with van der Waals surface area (Å²) in [5.74, 6) is 1.03. The topological polar surface area (TPSA) is 58.2 Å². The van der Waals surface area contributed by atoms with Gasteiger partial charge in [-0.3, -0.25) is 4.79 Å². The van der Waals surface area contributed by atoms with Gasteiger partial charge in [0, 0.05) is 19.4 Å². The number of rotatable bonds is 4. The molecule has 0 radical (unpaired) electrons. The van der Waals surface area contributed by atoms with Crippen molar-refractivity contribution in [3.8, 4) is 5.75 Å². The zero-order valence-corrected chi connectivity index (χ0v) is 12.1. The molecule has 3 rings (SSSR count). The van der Waals surface area contributed by atoms with Crippen LogP contribution in [0.3, 0.4) is 0 Å². The fraction of sp³-hybridized carbons (Fsp3) is 0.375. The van der Waals surface area contributed by atoms with Gasteiger partial charge in [-0.1, -0.05) is 12.1 Å². The van der Waals surface area contributed by atoms with Crippen LogP contribution in [-0.2, 0) is 24.2 Å². The highest BCUT2D eigenvalue weighted by Gasteiger charge is 2.21. The lowest BCUT2D eigenvalue weighted by molar-refractivity contribution is -0.132. The lowest BCUT2D eigenvalue weighted by Gasteiger charge is -2.26. The molecule has 5 nitrogen and oxygen atoms in total. The molecule has 5 heteroatoms. The average molecular weight is 285 g/mol. The van der Waals surface area contributed by atoms with Crippen LogP contribution < -0.4 is 4.74 Å². The number of aryl methyl sites for hydroxylation is 1. The van der Waals surface area contributed by atoms with Crippen molar-refractivity contribution in [2.75, 3.05) is 13.7 Å². The summed E-state index contributed by atoms with van der Waals surface area (Å²) in [6.07, 6.45) is 3.80. The standard InChI is InChI=1S/C16H19N3O2/c1-21-13-4-2-3-12(9-13)5-6-16(20)19-8-7-14-15(10-19)18-11-17-14/h2-4,9,11H,5-8,10H2,1H3,(H,17,18). The molecule has 110 valence electrons. The van der Waals surface area contributed by atoms with Crippen molar-refractivity contribution in [1.82, 2.24) is 14.9 Å². The van der Waals surface area contributed by atoms with Crippen LogP contribution in [0.4, 0.5) is 0 Å². The monoisotopic (exact) mass is 285 g/mol. The fourth-order valence-electron chi connectivity index (χ4n) is 2.66. The van der Waals surface area contributed by atoms with Crippen LogP contribution in [0.2, 0.25) is 0 Å². The number of methoxy groups -OCH3 is 1. The van der Waals surface area contributed by atoms with E-state index in [4.69, 9.17) is 4.74 Å². The Hall–Kier alpha value is -2.30. The number of imidazole rings is 1. The molecule has 2 heterocycles. The molecule has 2 aromatic rings. The minimum absolute atomic E-state index is 0.193. The Balaban J connectivity index is 1.57. The first kappa shape index (κ1) is 13.7. The van der Waals surface area contributed by atoms with E-state index in [1.54, 1.807) is 13.4 Å². The van der Waals surface area contributed by atoms with Gasteiger partial charge in [-0.05, 0) is 24.1 Å². The van der Waals surface area contributed by atoms with Gasteiger partial charge in [0.1, 0.15) is 5.75 Å². The van der Waals surface area contributed by atoms with Crippen molar-refractivity contribution in [3.63, 3.8) is 0 Å². The Kier molecular flexibility index (Phi) is 3.90. The van der Waals surface area contributed by atoms with Gasteiger partial charge in [-0.25, -0.2) is 4.98 Å². The summed E-state index contributed by atoms with van der Waals surface area (Å²) >= 11 is 0. The number of aromatic amines is 1. The highest BCUT2D eigenvalue weighted by Crippen LogP contribution is 2.17. The number of carbonyl (C=O) groups is 1. The SMILES string of the molecule is COc1cccc(CCC(=O)N2CCc3nc[nH]c3C2)c1. The minimum Gasteiger partial charge on any atom is -0.497 e. The van der Waals surface area contributed by atoms with Crippen LogP contribution in [0.1, 0.15) is 23.4 Å². The van der Waals surface area contributed by atoms with Gasteiger partial charge in [0.05, 0.1) is 31.4 Å². The number of amides is 1. The number of aromatic nitrogens is 2. The Morgan fingerprint density at radius 1 is 1.48 bits per heavy atom. The Morgan fingerprint density at radius 2 is 2.38 bits per heavy atom. The second-order valence-electron chi connectivity index (χ2n) is 5.24. The van der Waals surface area contributed by atoms with Crippen molar-refractivity contribution in [2.45, 2.75) is 25.8 Å². The van der Waals surface area contributed by atoms with E-state index < -0.39 is 0 Å². The normalized spacial score (nSPS) is 13.9. The number of hydrogen-bond acceptors (Lipinski definition) is 3. The zero-order chi connectivity index (χ0) is 14.7. The number of fused-ring (bicyclic) bond motifs is 1. The number of nitrogens with zero attached hydrogens (tertiary/aromatic N) is 2. The second-order valence-corrected chi connectivity index (χ2v) is 5.24. The van der Waals surface area contributed by atoms with E-state index >= 15 is 0 Å². The van der Waals surface area contributed by atoms with E-state index in [-0.39, 0.29) is 5.91 Å². The summed E-state index contributed by atoms with van der Waals surface area (Å²) in [6, 6.07) is 7.88. The molecular formula is C16H19N3O2. The summed E-state index contributed by atoms with van der Waals surface area (Å²) in [7, 11) is 1.65. The number of H-pyrrole nitrogens is 1. The molecule has 0 fully saturated rings. The number of nitrogens with one attached hydrogen (secondary N) is 1. The molecule has 0 bridgehead atoms. The van der Waals surface area contributed by atoms with Crippen molar-refractivity contribution in [1.29, 1.82) is 0 Å². The van der Waals surface area contributed by atoms with Crippen molar-refractivity contribution in [2.24, 2.45) is 0 Å². The van der Waals surface area contributed by atoms with Crippen molar-refractivity contribution in [3.05, 3.63) is 47.5 Å². The fourth-order valence-corrected chi connectivity index (χ4v) is 2.66. The van der Waals surface area contributed by atoms with E-state index in [9.17, 15) is 4.79 Å². The molecule has 0 saturated carbocycles. The van der Waals surface area contributed by atoms with Crippen LogP contribution in [0.25, 0.3) is 0 Å². The van der Waals surface area contributed by atoms with Gasteiger partial charge in [-0.15, -0.1) is 0 Å². The van der Waals surface area contributed by atoms with Gasteiger partial charge >= 0.3 is 0 Å². The van der Waals surface area contributed by atoms with Crippen LogP contribution in [0.15, 0.2) is 30.6 Å². The third-order valence-corrected chi connectivity index (χ3v) is 3.89. The van der Waals surface area contributed by atoms with Gasteiger partial charge in [0.2, 0.25) is 5.91 Å². The van der Waals surface area contributed by atoms with Crippen LogP contribution in [0.5, 0.6) is 5.75 Å². The van der Waals surface area contributed by atoms with E-state index in [1.165, 1.54) is 0 Å². The van der Waals surface area contributed by atoms with E-state index in [1.807, 2.05) is 29.2 Å². The third kappa shape index (κ3) is 3.07. The number of hydrogen-bond donors (Lipinski definition) is 1. The molecule has 1 aliphatic rings. The first-order valence-electron chi connectivity index (χ1n) is 7.18. The molecule has 0 spiro atoms. The van der Waals surface area contributed by atoms with Gasteiger partial charge in [-0.2, -0.15) is 0 Å². The highest BCUT2D eigenvalue weighted by molar-refractivity contribution is 5.76. The maximum Gasteiger partial charge on any atom is 0.223 e. The maximum absolute atomic E-state index is 12.3. The Morgan fingerprint density at radius 3 is 3.24 bits per heavy atom. The number of benzene rings is 1. The molecule has 1 amide bonds. The molecule has 0 saturated heterocycles. The predicted octanol–water partition coefficient (Wildman–Crippen LogP) is 1.94. The molecule has 1 N–H and O–H groups in total. The molecule has 21 heavy (non-hydrogen) atoms. The van der Waals surface area contributed by atoms with E-state index in [2.05, 4.69) is 9.97 Å². The lowest BCUT2D eigenvalue weighted by Crippen LogP contribution is -2.36. The van der Waals surface area contributed by atoms with Crippen LogP contribution >= 0.6 is 0 Å². The molecule has 0 aliphatic carbocycles. The number of carbonyl (C=O) groups excluding carboxylic acids is 1. The highest BCUT2D eigenvalue weighted by atomic mass is 16.5. The molecule has 0 unspecified atom stereocenters. The van der Waals surface area contributed by atoms with E-state index in [0.717, 1.165) is 42.1 Å². The first-order valence-corrected chi connectivity index (χ1v) is 7.18. The quantitative estimate of drug-likeness (QED) is 0.934. The van der Waals surface area contributed by atoms with E-state index in [0.29, 0.717) is 13.0 Å². The van der Waals surface area contributed by atoms with Gasteiger partial charge < -0.3 is 14.6 Å². The molecule has 1 aromatic carbocycles. The maximum atomic E-state index is 12.3. The van der Waals surface area contributed by atoms with Crippen molar-refractivity contribution >= 4 is 5.91 Å². The predicted molar refractivity (Wildman–Crippen MR) is 79.0 cm³/mol. The Labute approximate surface area is 124 Å². The summed E-state index contributed by atoms with van der Waals surface area (Å²) < 4.78 is 5.20. The van der Waals surface area contributed by atoms with Crippen LogP contribution in [0, 0.1) is 0 Å². The van der Waals surface area contributed by atoms with Gasteiger partial charge in [0.15, 0.2) is 0 Å².